The number of pyridine rings is 1. The van der Waals surface area contributed by atoms with Crippen LogP contribution in [0.3, 0.4) is 0 Å². The minimum absolute atomic E-state index is 0.0469. The first-order valence-electron chi connectivity index (χ1n) is 8.85. The van der Waals surface area contributed by atoms with Crippen molar-refractivity contribution in [1.29, 1.82) is 0 Å². The number of hydrogen-bond acceptors (Lipinski definition) is 7. The predicted molar refractivity (Wildman–Crippen MR) is 112 cm³/mol. The van der Waals surface area contributed by atoms with Gasteiger partial charge in [-0.2, -0.15) is 4.98 Å². The topological polar surface area (TPSA) is 125 Å². The Morgan fingerprint density at radius 3 is 2.36 bits per heavy atom. The number of benzene rings is 1. The Kier molecular flexibility index (Phi) is 6.08. The highest BCUT2D eigenvalue weighted by molar-refractivity contribution is 6.74. The van der Waals surface area contributed by atoms with Gasteiger partial charge in [0.15, 0.2) is 5.82 Å². The summed E-state index contributed by atoms with van der Waals surface area (Å²) in [6.07, 6.45) is -0.957. The molecule has 0 fully saturated rings. The monoisotopic (exact) mass is 401 g/mol. The highest BCUT2D eigenvalue weighted by Crippen LogP contribution is 2.40. The molecule has 150 valence electrons. The zero-order valence-electron chi connectivity index (χ0n) is 17.1. The quantitative estimate of drug-likeness (QED) is 0.524. The molecule has 1 amide bonds. The number of carbonyl (C=O) groups is 1. The van der Waals surface area contributed by atoms with Gasteiger partial charge >= 0.3 is 6.09 Å². The van der Waals surface area contributed by atoms with Crippen LogP contribution in [0.2, 0.25) is 18.1 Å². The maximum Gasteiger partial charge on any atom is 0.411 e. The van der Waals surface area contributed by atoms with Crippen LogP contribution in [0.5, 0.6) is 11.6 Å². The van der Waals surface area contributed by atoms with Crippen LogP contribution >= 0.6 is 0 Å². The fourth-order valence-electron chi connectivity index (χ4n) is 2.04. The maximum atomic E-state index is 10.9. The molecule has 0 bridgehead atoms. The van der Waals surface area contributed by atoms with Gasteiger partial charge in [-0.05, 0) is 43.3 Å². The van der Waals surface area contributed by atoms with Gasteiger partial charge in [-0.25, -0.2) is 4.79 Å². The highest BCUT2D eigenvalue weighted by Gasteiger charge is 2.39. The van der Waals surface area contributed by atoms with Crippen LogP contribution in [0.1, 0.15) is 26.3 Å². The Morgan fingerprint density at radius 1 is 1.14 bits per heavy atom. The molecule has 1 heterocycles. The average molecular weight is 402 g/mol. The molecular weight excluding hydrogens is 374 g/mol. The van der Waals surface area contributed by atoms with Crippen molar-refractivity contribution in [2.45, 2.75) is 45.8 Å². The number of ether oxygens (including phenoxy) is 1. The molecule has 2 aromatic rings. The molecule has 1 aromatic heterocycles. The Hall–Kier alpha value is -2.94. The van der Waals surface area contributed by atoms with Crippen molar-refractivity contribution in [3.63, 3.8) is 0 Å². The molecule has 1 aromatic carbocycles. The van der Waals surface area contributed by atoms with Crippen molar-refractivity contribution in [2.24, 2.45) is 16.0 Å². The van der Waals surface area contributed by atoms with Gasteiger partial charge in [0.2, 0.25) is 5.88 Å². The first-order chi connectivity index (χ1) is 12.9. The first kappa shape index (κ1) is 21.4. The number of hydrogen-bond donors (Lipinski definition) is 2. The molecule has 8 nitrogen and oxygen atoms in total. The second-order valence-corrected chi connectivity index (χ2v) is 12.7. The smallest absolute Gasteiger partial charge is 0.411 e. The van der Waals surface area contributed by atoms with E-state index in [2.05, 4.69) is 49.1 Å². The van der Waals surface area contributed by atoms with Crippen LogP contribution < -0.4 is 20.6 Å². The van der Waals surface area contributed by atoms with Crippen LogP contribution in [-0.4, -0.2) is 19.4 Å². The fourth-order valence-corrected chi connectivity index (χ4v) is 3.06. The molecule has 0 aliphatic heterocycles. The van der Waals surface area contributed by atoms with E-state index >= 15 is 0 Å². The summed E-state index contributed by atoms with van der Waals surface area (Å²) >= 11 is 0. The van der Waals surface area contributed by atoms with E-state index in [1.807, 2.05) is 24.3 Å². The summed E-state index contributed by atoms with van der Waals surface area (Å²) in [5.41, 5.74) is 12.4. The van der Waals surface area contributed by atoms with Gasteiger partial charge in [-0.15, -0.1) is 10.2 Å². The van der Waals surface area contributed by atoms with E-state index in [0.717, 1.165) is 0 Å². The third kappa shape index (κ3) is 5.07. The van der Waals surface area contributed by atoms with Gasteiger partial charge in [-0.3, -0.25) is 0 Å². The summed E-state index contributed by atoms with van der Waals surface area (Å²) in [4.78, 5) is 14.9. The number of nitrogen functional groups attached to an aromatic ring is 1. The number of anilines is 1. The summed E-state index contributed by atoms with van der Waals surface area (Å²) in [5, 5.41) is 8.57. The van der Waals surface area contributed by atoms with Crippen molar-refractivity contribution in [3.05, 3.63) is 35.9 Å². The Bertz CT molecular complexity index is 907. The number of azo groups is 1. The second-order valence-electron chi connectivity index (χ2n) is 7.97. The van der Waals surface area contributed by atoms with Crippen molar-refractivity contribution >= 4 is 31.6 Å². The van der Waals surface area contributed by atoms with Gasteiger partial charge in [0.25, 0.3) is 8.32 Å². The number of aryl methyl sites for hydroxylation is 1. The zero-order chi connectivity index (χ0) is 21.1. The number of nitrogens with zero attached hydrogens (tertiary/aromatic N) is 3. The van der Waals surface area contributed by atoms with E-state index in [-0.39, 0.29) is 16.7 Å². The Labute approximate surface area is 166 Å². The number of amides is 1. The molecule has 0 aliphatic rings. The van der Waals surface area contributed by atoms with Crippen LogP contribution in [0.4, 0.5) is 22.0 Å². The lowest BCUT2D eigenvalue weighted by Crippen LogP contribution is -2.43. The van der Waals surface area contributed by atoms with Gasteiger partial charge in [-0.1, -0.05) is 32.9 Å². The predicted octanol–water partition coefficient (Wildman–Crippen LogP) is 5.23. The number of aromatic nitrogens is 1. The van der Waals surface area contributed by atoms with Gasteiger partial charge in [0.05, 0.1) is 0 Å². The number of nitrogens with two attached hydrogens (primary N) is 2. The summed E-state index contributed by atoms with van der Waals surface area (Å²) in [6, 6.07) is 9.10. The van der Waals surface area contributed by atoms with Crippen LogP contribution in [0, 0.1) is 6.92 Å². The van der Waals surface area contributed by atoms with Crippen LogP contribution in [0.25, 0.3) is 0 Å². The zero-order valence-corrected chi connectivity index (χ0v) is 18.1. The lowest BCUT2D eigenvalue weighted by Gasteiger charge is -2.36. The number of carbonyl (C=O) groups excluding carboxylic acids is 1. The Balaban J connectivity index is 2.33. The normalized spacial score (nSPS) is 12.2. The number of rotatable bonds is 5. The molecule has 0 saturated heterocycles. The minimum atomic E-state index is -2.03. The van der Waals surface area contributed by atoms with Crippen LogP contribution in [0.15, 0.2) is 40.6 Å². The largest absolute Gasteiger partial charge is 0.542 e. The minimum Gasteiger partial charge on any atom is -0.542 e. The van der Waals surface area contributed by atoms with Crippen LogP contribution in [-0.2, 0) is 0 Å². The molecule has 0 aliphatic carbocycles. The standard InChI is InChI=1S/C19H27N5O3Si/c1-12-11-14(16(20)22-17(12)26-18(21)25)24-23-13-9-7-8-10-15(13)27-28(5,6)19(2,3)4/h7-11H,1-6H3,(H2,20,22)(H2,21,25). The van der Waals surface area contributed by atoms with E-state index in [4.69, 9.17) is 20.6 Å². The van der Waals surface area contributed by atoms with Crippen molar-refractivity contribution in [1.82, 2.24) is 4.98 Å². The molecule has 0 radical (unpaired) electrons. The van der Waals surface area contributed by atoms with E-state index in [9.17, 15) is 4.79 Å². The lowest BCUT2D eigenvalue weighted by atomic mass is 10.2. The third-order valence-corrected chi connectivity index (χ3v) is 9.02. The maximum absolute atomic E-state index is 10.9. The molecule has 4 N–H and O–H groups in total. The highest BCUT2D eigenvalue weighted by atomic mass is 28.4. The van der Waals surface area contributed by atoms with E-state index in [1.165, 1.54) is 0 Å². The molecule has 28 heavy (non-hydrogen) atoms. The molecular formula is C19H27N5O3Si. The molecule has 0 saturated carbocycles. The third-order valence-electron chi connectivity index (χ3n) is 4.67. The second kappa shape index (κ2) is 7.97. The summed E-state index contributed by atoms with van der Waals surface area (Å²) in [6.45, 7) is 12.6. The van der Waals surface area contributed by atoms with Crippen molar-refractivity contribution in [2.75, 3.05) is 5.73 Å². The van der Waals surface area contributed by atoms with Gasteiger partial charge < -0.3 is 20.6 Å². The Morgan fingerprint density at radius 2 is 1.75 bits per heavy atom. The molecule has 0 spiro atoms. The van der Waals surface area contributed by atoms with E-state index in [0.29, 0.717) is 22.7 Å². The lowest BCUT2D eigenvalue weighted by molar-refractivity contribution is 0.208. The average Bonchev–Trinajstić information content (AvgIpc) is 2.56. The first-order valence-corrected chi connectivity index (χ1v) is 11.8. The molecule has 2 rings (SSSR count). The van der Waals surface area contributed by atoms with Gasteiger partial charge in [0, 0.05) is 5.56 Å². The van der Waals surface area contributed by atoms with E-state index in [1.54, 1.807) is 13.0 Å². The summed E-state index contributed by atoms with van der Waals surface area (Å²) in [7, 11) is -2.03. The number of para-hydroxylation sites is 1. The SMILES string of the molecule is Cc1cc(N=Nc2ccccc2O[Si](C)(C)C(C)(C)C)c(N)nc1OC(N)=O. The molecule has 0 unspecified atom stereocenters. The number of primary amides is 1. The van der Waals surface area contributed by atoms with Crippen molar-refractivity contribution < 1.29 is 14.0 Å². The summed E-state index contributed by atoms with van der Waals surface area (Å²) < 4.78 is 11.2. The van der Waals surface area contributed by atoms with Crippen molar-refractivity contribution in [3.8, 4) is 11.6 Å². The fraction of sp³-hybridized carbons (Fsp3) is 0.368. The molecule has 9 heteroatoms. The summed E-state index contributed by atoms with van der Waals surface area (Å²) in [5.74, 6) is 0.800. The van der Waals surface area contributed by atoms with E-state index < -0.39 is 14.4 Å². The van der Waals surface area contributed by atoms with Gasteiger partial charge in [0.1, 0.15) is 17.1 Å². The molecule has 0 atom stereocenters.